The summed E-state index contributed by atoms with van der Waals surface area (Å²) in [6, 6.07) is 4.31. The number of hydrogen-bond donors (Lipinski definition) is 1. The lowest BCUT2D eigenvalue weighted by molar-refractivity contribution is -0.131. The van der Waals surface area contributed by atoms with Crippen molar-refractivity contribution < 1.29 is 9.59 Å². The van der Waals surface area contributed by atoms with E-state index >= 15 is 0 Å². The molecular formula is C17H22N4O2S. The third-order valence-corrected chi connectivity index (χ3v) is 5.78. The molecule has 1 fully saturated rings. The number of piperidine rings is 1. The van der Waals surface area contributed by atoms with Gasteiger partial charge in [-0.25, -0.2) is 0 Å². The van der Waals surface area contributed by atoms with Crippen molar-refractivity contribution in [2.24, 2.45) is 11.3 Å². The predicted octanol–water partition coefficient (Wildman–Crippen LogP) is 2.15. The van der Waals surface area contributed by atoms with Crippen LogP contribution in [0.25, 0.3) is 0 Å². The van der Waals surface area contributed by atoms with Gasteiger partial charge in [-0.3, -0.25) is 9.59 Å². The van der Waals surface area contributed by atoms with Crippen molar-refractivity contribution in [1.29, 1.82) is 10.5 Å². The van der Waals surface area contributed by atoms with Crippen LogP contribution in [-0.2, 0) is 9.59 Å². The second kappa shape index (κ2) is 7.27. The quantitative estimate of drug-likeness (QED) is 0.844. The molecule has 0 spiro atoms. The number of nitriles is 2. The molecule has 2 rings (SSSR count). The molecule has 24 heavy (non-hydrogen) atoms. The van der Waals surface area contributed by atoms with Crippen LogP contribution in [0.4, 0.5) is 0 Å². The highest BCUT2D eigenvalue weighted by Crippen LogP contribution is 2.41. The minimum absolute atomic E-state index is 0.0199. The number of rotatable bonds is 3. The van der Waals surface area contributed by atoms with Crippen LogP contribution in [0.2, 0.25) is 0 Å². The minimum Gasteiger partial charge on any atom is -0.339 e. The monoisotopic (exact) mass is 346 g/mol. The van der Waals surface area contributed by atoms with Gasteiger partial charge in [-0.15, -0.1) is 0 Å². The number of hydrogen-bond acceptors (Lipinski definition) is 5. The molecule has 0 bridgehead atoms. The fraction of sp³-hybridized carbons (Fsp3) is 0.647. The summed E-state index contributed by atoms with van der Waals surface area (Å²) >= 11 is 1.18. The molecule has 128 valence electrons. The van der Waals surface area contributed by atoms with Gasteiger partial charge in [0.25, 0.3) is 0 Å². The van der Waals surface area contributed by atoms with E-state index in [0.29, 0.717) is 10.6 Å². The summed E-state index contributed by atoms with van der Waals surface area (Å²) in [7, 11) is 0. The molecule has 0 saturated carbocycles. The highest BCUT2D eigenvalue weighted by molar-refractivity contribution is 8.03. The van der Waals surface area contributed by atoms with Crippen LogP contribution in [-0.4, -0.2) is 35.1 Å². The van der Waals surface area contributed by atoms with Crippen molar-refractivity contribution in [2.45, 2.75) is 46.1 Å². The van der Waals surface area contributed by atoms with Crippen LogP contribution >= 0.6 is 11.8 Å². The van der Waals surface area contributed by atoms with Gasteiger partial charge in [-0.2, -0.15) is 10.5 Å². The van der Waals surface area contributed by atoms with Gasteiger partial charge in [0.15, 0.2) is 0 Å². The zero-order valence-electron chi connectivity index (χ0n) is 14.3. The predicted molar refractivity (Wildman–Crippen MR) is 91.1 cm³/mol. The van der Waals surface area contributed by atoms with Gasteiger partial charge in [0.1, 0.15) is 5.92 Å². The van der Waals surface area contributed by atoms with Crippen LogP contribution in [0.3, 0.4) is 0 Å². The lowest BCUT2D eigenvalue weighted by Crippen LogP contribution is -2.45. The third-order valence-electron chi connectivity index (χ3n) is 4.80. The van der Waals surface area contributed by atoms with E-state index in [2.05, 4.69) is 11.4 Å². The van der Waals surface area contributed by atoms with E-state index in [0.717, 1.165) is 25.8 Å². The van der Waals surface area contributed by atoms with E-state index in [-0.39, 0.29) is 17.7 Å². The first-order valence-electron chi connectivity index (χ1n) is 8.10. The first kappa shape index (κ1) is 18.4. The molecule has 7 heteroatoms. The fourth-order valence-corrected chi connectivity index (χ4v) is 4.28. The number of allylic oxidation sites excluding steroid dienone is 1. The molecule has 0 unspecified atom stereocenters. The van der Waals surface area contributed by atoms with Gasteiger partial charge >= 0.3 is 0 Å². The second-order valence-corrected chi connectivity index (χ2v) is 7.80. The Morgan fingerprint density at radius 2 is 2.12 bits per heavy atom. The van der Waals surface area contributed by atoms with E-state index in [1.54, 1.807) is 13.8 Å². The molecule has 2 aliphatic rings. The fourth-order valence-electron chi connectivity index (χ4n) is 3.22. The molecule has 0 aromatic heterocycles. The van der Waals surface area contributed by atoms with Crippen LogP contribution in [0.5, 0.6) is 0 Å². The molecule has 1 saturated heterocycles. The zero-order valence-corrected chi connectivity index (χ0v) is 15.1. The molecule has 2 heterocycles. The van der Waals surface area contributed by atoms with Gasteiger partial charge in [0.05, 0.1) is 28.5 Å². The lowest BCUT2D eigenvalue weighted by atomic mass is 9.72. The van der Waals surface area contributed by atoms with Gasteiger partial charge < -0.3 is 10.2 Å². The van der Waals surface area contributed by atoms with Crippen molar-refractivity contribution in [3.63, 3.8) is 0 Å². The largest absolute Gasteiger partial charge is 0.339 e. The minimum atomic E-state index is -0.908. The Bertz CT molecular complexity index is 656. The topological polar surface area (TPSA) is 97.0 Å². The summed E-state index contributed by atoms with van der Waals surface area (Å²) in [4.78, 5) is 26.4. The molecular weight excluding hydrogens is 324 g/mol. The molecule has 0 radical (unpaired) electrons. The number of thioether (sulfide) groups is 1. The average molecular weight is 346 g/mol. The lowest BCUT2D eigenvalue weighted by Gasteiger charge is -2.35. The van der Waals surface area contributed by atoms with Crippen molar-refractivity contribution in [1.82, 2.24) is 10.2 Å². The second-order valence-electron chi connectivity index (χ2n) is 6.81. The van der Waals surface area contributed by atoms with E-state index in [4.69, 9.17) is 0 Å². The molecule has 6 nitrogen and oxygen atoms in total. The van der Waals surface area contributed by atoms with Crippen molar-refractivity contribution in [2.75, 3.05) is 12.3 Å². The SMILES string of the molecule is C[C@@H]1CCCCN1C(=O)CSC1=C(C#N)C(C)(C)[C@@H](C#N)C(=O)N1. The third kappa shape index (κ3) is 3.42. The maximum atomic E-state index is 12.4. The first-order chi connectivity index (χ1) is 11.3. The van der Waals surface area contributed by atoms with Crippen LogP contribution in [0, 0.1) is 34.0 Å². The van der Waals surface area contributed by atoms with E-state index in [1.165, 1.54) is 11.8 Å². The molecule has 0 aliphatic carbocycles. The molecule has 1 N–H and O–H groups in total. The number of amides is 2. The van der Waals surface area contributed by atoms with Gasteiger partial charge in [-0.1, -0.05) is 25.6 Å². The Kier molecular flexibility index (Phi) is 5.56. The zero-order chi connectivity index (χ0) is 17.9. The normalized spacial score (nSPS) is 26.4. The van der Waals surface area contributed by atoms with Crippen LogP contribution in [0.15, 0.2) is 10.6 Å². The van der Waals surface area contributed by atoms with Crippen molar-refractivity contribution >= 4 is 23.6 Å². The standard InChI is InChI=1S/C17H22N4O2S/c1-11-6-4-5-7-21(11)14(22)10-24-16-13(9-19)17(2,3)12(8-18)15(23)20-16/h11-12H,4-7,10H2,1-3H3,(H,20,23)/t11-,12+/m1/s1. The Morgan fingerprint density at radius 1 is 1.42 bits per heavy atom. The Hall–Kier alpha value is -1.99. The molecule has 2 amide bonds. The highest BCUT2D eigenvalue weighted by Gasteiger charge is 2.44. The van der Waals surface area contributed by atoms with Gasteiger partial charge in [0.2, 0.25) is 11.8 Å². The summed E-state index contributed by atoms with van der Waals surface area (Å²) in [5, 5.41) is 21.7. The molecule has 0 aromatic rings. The number of carbonyl (C=O) groups is 2. The Labute approximate surface area is 146 Å². The van der Waals surface area contributed by atoms with Crippen molar-refractivity contribution in [3.05, 3.63) is 10.6 Å². The summed E-state index contributed by atoms with van der Waals surface area (Å²) in [6.45, 7) is 6.24. The first-order valence-corrected chi connectivity index (χ1v) is 9.09. The summed E-state index contributed by atoms with van der Waals surface area (Å²) in [5.74, 6) is -1.12. The smallest absolute Gasteiger partial charge is 0.243 e. The molecule has 2 atom stereocenters. The number of carbonyl (C=O) groups excluding carboxylic acids is 2. The Morgan fingerprint density at radius 3 is 2.71 bits per heavy atom. The van der Waals surface area contributed by atoms with Crippen LogP contribution in [0.1, 0.15) is 40.0 Å². The highest BCUT2D eigenvalue weighted by atomic mass is 32.2. The van der Waals surface area contributed by atoms with Gasteiger partial charge in [0, 0.05) is 18.0 Å². The summed E-state index contributed by atoms with van der Waals surface area (Å²) < 4.78 is 0. The summed E-state index contributed by atoms with van der Waals surface area (Å²) in [5.41, 5.74) is -0.506. The molecule has 0 aromatic carbocycles. The summed E-state index contributed by atoms with van der Waals surface area (Å²) in [6.07, 6.45) is 3.16. The van der Waals surface area contributed by atoms with Crippen LogP contribution < -0.4 is 5.32 Å². The Balaban J connectivity index is 2.14. The number of nitrogens with one attached hydrogen (secondary N) is 1. The van der Waals surface area contributed by atoms with E-state index in [9.17, 15) is 20.1 Å². The number of likely N-dealkylation sites (tertiary alicyclic amines) is 1. The average Bonchev–Trinajstić information content (AvgIpc) is 2.52. The van der Waals surface area contributed by atoms with Gasteiger partial charge in [-0.05, 0) is 26.2 Å². The molecule has 2 aliphatic heterocycles. The number of nitrogens with zero attached hydrogens (tertiary/aromatic N) is 3. The maximum Gasteiger partial charge on any atom is 0.243 e. The van der Waals surface area contributed by atoms with E-state index < -0.39 is 17.2 Å². The van der Waals surface area contributed by atoms with E-state index in [1.807, 2.05) is 17.9 Å². The maximum absolute atomic E-state index is 12.4. The van der Waals surface area contributed by atoms with Crippen molar-refractivity contribution in [3.8, 4) is 12.1 Å².